The summed E-state index contributed by atoms with van der Waals surface area (Å²) in [5.74, 6) is 0. The standard InChI is InChI=1S/C19H16N4O/c20-11-4-12-23-14-18(13-21-24)19(22-23)17-9-7-16(8-10-17)15-5-2-1-3-6-15/h1-3,5-10,13-14,24H,4,12H2/b21-13-. The van der Waals surface area contributed by atoms with E-state index in [2.05, 4.69) is 28.5 Å². The van der Waals surface area contributed by atoms with Crippen molar-refractivity contribution < 1.29 is 5.21 Å². The number of aromatic nitrogens is 2. The molecule has 3 aromatic rings. The Bertz CT molecular complexity index is 874. The van der Waals surface area contributed by atoms with Gasteiger partial charge in [-0.05, 0) is 11.1 Å². The Kier molecular flexibility index (Phi) is 4.68. The number of hydrogen-bond acceptors (Lipinski definition) is 4. The van der Waals surface area contributed by atoms with Crippen molar-refractivity contribution in [2.45, 2.75) is 13.0 Å². The summed E-state index contributed by atoms with van der Waals surface area (Å²) < 4.78 is 1.70. The highest BCUT2D eigenvalue weighted by Crippen LogP contribution is 2.25. The molecule has 0 saturated carbocycles. The van der Waals surface area contributed by atoms with Gasteiger partial charge in [0.15, 0.2) is 0 Å². The molecule has 0 radical (unpaired) electrons. The van der Waals surface area contributed by atoms with Crippen molar-refractivity contribution in [3.05, 3.63) is 66.4 Å². The van der Waals surface area contributed by atoms with Crippen molar-refractivity contribution in [3.8, 4) is 28.5 Å². The second-order valence-electron chi connectivity index (χ2n) is 5.29. The van der Waals surface area contributed by atoms with Crippen LogP contribution in [0.15, 0.2) is 65.9 Å². The quantitative estimate of drug-likeness (QED) is 0.440. The van der Waals surface area contributed by atoms with E-state index in [0.717, 1.165) is 22.4 Å². The van der Waals surface area contributed by atoms with E-state index >= 15 is 0 Å². The van der Waals surface area contributed by atoms with Gasteiger partial charge in [0.25, 0.3) is 0 Å². The van der Waals surface area contributed by atoms with Crippen LogP contribution in [-0.2, 0) is 6.54 Å². The number of nitriles is 1. The number of nitrogens with zero attached hydrogens (tertiary/aromatic N) is 4. The van der Waals surface area contributed by atoms with Gasteiger partial charge in [-0.1, -0.05) is 59.8 Å². The fraction of sp³-hybridized carbons (Fsp3) is 0.105. The van der Waals surface area contributed by atoms with E-state index in [9.17, 15) is 0 Å². The molecule has 0 aliphatic rings. The van der Waals surface area contributed by atoms with Crippen molar-refractivity contribution in [1.29, 1.82) is 5.26 Å². The van der Waals surface area contributed by atoms with Gasteiger partial charge in [-0.25, -0.2) is 0 Å². The molecule has 0 aliphatic carbocycles. The second-order valence-corrected chi connectivity index (χ2v) is 5.29. The molecule has 0 atom stereocenters. The molecule has 0 spiro atoms. The summed E-state index contributed by atoms with van der Waals surface area (Å²) in [7, 11) is 0. The van der Waals surface area contributed by atoms with Gasteiger partial charge in [-0.15, -0.1) is 0 Å². The smallest absolute Gasteiger partial charge is 0.101 e. The number of oxime groups is 1. The fourth-order valence-electron chi connectivity index (χ4n) is 2.55. The van der Waals surface area contributed by atoms with Crippen LogP contribution in [-0.4, -0.2) is 21.2 Å². The monoisotopic (exact) mass is 316 g/mol. The summed E-state index contributed by atoms with van der Waals surface area (Å²) in [4.78, 5) is 0. The normalized spacial score (nSPS) is 10.8. The Morgan fingerprint density at radius 1 is 1.04 bits per heavy atom. The van der Waals surface area contributed by atoms with Gasteiger partial charge in [0, 0.05) is 17.3 Å². The first kappa shape index (κ1) is 15.5. The molecule has 24 heavy (non-hydrogen) atoms. The van der Waals surface area contributed by atoms with Crippen LogP contribution in [0.1, 0.15) is 12.0 Å². The van der Waals surface area contributed by atoms with Gasteiger partial charge >= 0.3 is 0 Å². The number of rotatable bonds is 5. The Balaban J connectivity index is 1.93. The first-order valence-electron chi connectivity index (χ1n) is 7.59. The summed E-state index contributed by atoms with van der Waals surface area (Å²) >= 11 is 0. The lowest BCUT2D eigenvalue weighted by Gasteiger charge is -2.03. The minimum Gasteiger partial charge on any atom is -0.411 e. The summed E-state index contributed by atoms with van der Waals surface area (Å²) in [6, 6.07) is 20.3. The van der Waals surface area contributed by atoms with Crippen LogP contribution < -0.4 is 0 Å². The van der Waals surface area contributed by atoms with Crippen LogP contribution in [0, 0.1) is 11.3 Å². The lowest BCUT2D eigenvalue weighted by Crippen LogP contribution is -1.97. The molecule has 5 heteroatoms. The SMILES string of the molecule is N#CCCn1cc(/C=N\O)c(-c2ccc(-c3ccccc3)cc2)n1. The largest absolute Gasteiger partial charge is 0.411 e. The Labute approximate surface area is 140 Å². The van der Waals surface area contributed by atoms with E-state index in [1.54, 1.807) is 10.9 Å². The van der Waals surface area contributed by atoms with Gasteiger partial charge in [0.1, 0.15) is 5.69 Å². The van der Waals surface area contributed by atoms with Gasteiger partial charge in [-0.2, -0.15) is 10.4 Å². The van der Waals surface area contributed by atoms with Gasteiger partial charge in [-0.3, -0.25) is 4.68 Å². The number of benzene rings is 2. The molecule has 3 rings (SSSR count). The summed E-state index contributed by atoms with van der Waals surface area (Å²) in [6.07, 6.45) is 3.51. The molecule has 1 heterocycles. The number of aryl methyl sites for hydroxylation is 1. The first-order chi connectivity index (χ1) is 11.8. The summed E-state index contributed by atoms with van der Waals surface area (Å²) in [6.45, 7) is 0.505. The molecule has 0 amide bonds. The highest BCUT2D eigenvalue weighted by Gasteiger charge is 2.10. The lowest BCUT2D eigenvalue weighted by molar-refractivity contribution is 0.322. The summed E-state index contributed by atoms with van der Waals surface area (Å²) in [5, 5.41) is 25.2. The van der Waals surface area contributed by atoms with Crippen molar-refractivity contribution in [2.75, 3.05) is 0 Å². The fourth-order valence-corrected chi connectivity index (χ4v) is 2.55. The lowest BCUT2D eigenvalue weighted by atomic mass is 10.0. The Hall–Kier alpha value is -3.39. The van der Waals surface area contributed by atoms with Crippen LogP contribution in [0.2, 0.25) is 0 Å². The molecule has 2 aromatic carbocycles. The zero-order valence-electron chi connectivity index (χ0n) is 13.0. The van der Waals surface area contributed by atoms with Crippen molar-refractivity contribution in [2.24, 2.45) is 5.16 Å². The predicted molar refractivity (Wildman–Crippen MR) is 92.7 cm³/mol. The maximum atomic E-state index is 8.85. The van der Waals surface area contributed by atoms with E-state index in [-0.39, 0.29) is 0 Å². The van der Waals surface area contributed by atoms with E-state index in [1.165, 1.54) is 6.21 Å². The third kappa shape index (κ3) is 3.33. The van der Waals surface area contributed by atoms with Crippen molar-refractivity contribution in [1.82, 2.24) is 9.78 Å². The van der Waals surface area contributed by atoms with Crippen LogP contribution in [0.4, 0.5) is 0 Å². The zero-order chi connectivity index (χ0) is 16.8. The Morgan fingerprint density at radius 2 is 1.71 bits per heavy atom. The second kappa shape index (κ2) is 7.25. The molecule has 0 saturated heterocycles. The minimum absolute atomic E-state index is 0.379. The molecule has 1 N–H and O–H groups in total. The molecule has 5 nitrogen and oxygen atoms in total. The van der Waals surface area contributed by atoms with Gasteiger partial charge < -0.3 is 5.21 Å². The maximum Gasteiger partial charge on any atom is 0.101 e. The van der Waals surface area contributed by atoms with E-state index in [0.29, 0.717) is 18.5 Å². The van der Waals surface area contributed by atoms with Gasteiger partial charge in [0.2, 0.25) is 0 Å². The average molecular weight is 316 g/mol. The molecular weight excluding hydrogens is 300 g/mol. The molecule has 0 aliphatic heterocycles. The molecule has 0 bridgehead atoms. The Morgan fingerprint density at radius 3 is 2.38 bits per heavy atom. The van der Waals surface area contributed by atoms with Crippen molar-refractivity contribution in [3.63, 3.8) is 0 Å². The molecule has 0 unspecified atom stereocenters. The van der Waals surface area contributed by atoms with Crippen LogP contribution in [0.5, 0.6) is 0 Å². The first-order valence-corrected chi connectivity index (χ1v) is 7.59. The van der Waals surface area contributed by atoms with E-state index in [1.807, 2.05) is 42.5 Å². The third-order valence-electron chi connectivity index (χ3n) is 3.70. The molecular formula is C19H16N4O. The average Bonchev–Trinajstić information content (AvgIpc) is 3.04. The summed E-state index contributed by atoms with van der Waals surface area (Å²) in [5.41, 5.74) is 4.65. The van der Waals surface area contributed by atoms with Crippen LogP contribution in [0.3, 0.4) is 0 Å². The molecule has 118 valence electrons. The predicted octanol–water partition coefficient (Wildman–Crippen LogP) is 3.94. The zero-order valence-corrected chi connectivity index (χ0v) is 13.0. The van der Waals surface area contributed by atoms with Crippen molar-refractivity contribution >= 4 is 6.21 Å². The molecule has 0 fully saturated rings. The highest BCUT2D eigenvalue weighted by molar-refractivity contribution is 5.88. The van der Waals surface area contributed by atoms with Crippen LogP contribution >= 0.6 is 0 Å². The highest BCUT2D eigenvalue weighted by atomic mass is 16.4. The minimum atomic E-state index is 0.379. The van der Waals surface area contributed by atoms with Crippen LogP contribution in [0.25, 0.3) is 22.4 Å². The van der Waals surface area contributed by atoms with E-state index < -0.39 is 0 Å². The topological polar surface area (TPSA) is 74.2 Å². The van der Waals surface area contributed by atoms with Gasteiger partial charge in [0.05, 0.1) is 25.2 Å². The molecule has 1 aromatic heterocycles. The maximum absolute atomic E-state index is 8.85. The van der Waals surface area contributed by atoms with E-state index in [4.69, 9.17) is 10.5 Å². The number of hydrogen-bond donors (Lipinski definition) is 1. The third-order valence-corrected chi connectivity index (χ3v) is 3.70.